The standard InChI is InChI=1S/C18H30N2O/c1-14-7-8-15(2)17(10-14)18(19-3)12-20(4)11-16-6-5-9-21-13-16/h7-8,10,16,18-19H,5-6,9,11-13H2,1-4H3. The van der Waals surface area contributed by atoms with E-state index in [0.717, 1.165) is 26.3 Å². The molecule has 0 aromatic heterocycles. The Balaban J connectivity index is 1.96. The highest BCUT2D eigenvalue weighted by Crippen LogP contribution is 2.21. The van der Waals surface area contributed by atoms with Crippen LogP contribution in [0.5, 0.6) is 0 Å². The van der Waals surface area contributed by atoms with Gasteiger partial charge in [0.25, 0.3) is 0 Å². The molecule has 1 heterocycles. The van der Waals surface area contributed by atoms with E-state index in [2.05, 4.69) is 56.4 Å². The Morgan fingerprint density at radius 3 is 2.86 bits per heavy atom. The Hall–Kier alpha value is -0.900. The fourth-order valence-corrected chi connectivity index (χ4v) is 3.26. The number of rotatable bonds is 6. The molecule has 1 aliphatic rings. The lowest BCUT2D eigenvalue weighted by molar-refractivity contribution is 0.0410. The van der Waals surface area contributed by atoms with Gasteiger partial charge in [-0.05, 0) is 57.8 Å². The van der Waals surface area contributed by atoms with Crippen molar-refractivity contribution in [3.63, 3.8) is 0 Å². The summed E-state index contributed by atoms with van der Waals surface area (Å²) in [5.74, 6) is 0.694. The monoisotopic (exact) mass is 290 g/mol. The molecule has 0 aliphatic carbocycles. The minimum absolute atomic E-state index is 0.388. The van der Waals surface area contributed by atoms with Crippen molar-refractivity contribution in [3.8, 4) is 0 Å². The average Bonchev–Trinajstić information content (AvgIpc) is 2.48. The predicted octanol–water partition coefficient (Wildman–Crippen LogP) is 2.92. The second-order valence-electron chi connectivity index (χ2n) is 6.51. The van der Waals surface area contributed by atoms with Gasteiger partial charge in [-0.15, -0.1) is 0 Å². The Morgan fingerprint density at radius 1 is 1.38 bits per heavy atom. The van der Waals surface area contributed by atoms with Crippen molar-refractivity contribution >= 4 is 0 Å². The molecule has 0 spiro atoms. The van der Waals surface area contributed by atoms with Gasteiger partial charge in [-0.25, -0.2) is 0 Å². The molecule has 3 heteroatoms. The zero-order valence-corrected chi connectivity index (χ0v) is 14.0. The van der Waals surface area contributed by atoms with Crippen LogP contribution in [0.4, 0.5) is 0 Å². The van der Waals surface area contributed by atoms with Crippen molar-refractivity contribution in [2.24, 2.45) is 5.92 Å². The lowest BCUT2D eigenvalue weighted by Gasteiger charge is -2.30. The quantitative estimate of drug-likeness (QED) is 0.872. The maximum Gasteiger partial charge on any atom is 0.0506 e. The number of benzene rings is 1. The third-order valence-electron chi connectivity index (χ3n) is 4.48. The number of aryl methyl sites for hydroxylation is 2. The topological polar surface area (TPSA) is 24.5 Å². The number of likely N-dealkylation sites (N-methyl/N-ethyl adjacent to an activating group) is 2. The van der Waals surface area contributed by atoms with Crippen molar-refractivity contribution in [2.45, 2.75) is 32.7 Å². The second-order valence-corrected chi connectivity index (χ2v) is 6.51. The molecule has 1 fully saturated rings. The minimum Gasteiger partial charge on any atom is -0.381 e. The average molecular weight is 290 g/mol. The van der Waals surface area contributed by atoms with Gasteiger partial charge in [0.2, 0.25) is 0 Å². The van der Waals surface area contributed by atoms with Crippen LogP contribution in [0.2, 0.25) is 0 Å². The summed E-state index contributed by atoms with van der Waals surface area (Å²) in [5.41, 5.74) is 4.12. The Kier molecular flexibility index (Phi) is 6.22. The van der Waals surface area contributed by atoms with E-state index in [4.69, 9.17) is 4.74 Å². The Labute approximate surface area is 129 Å². The Bertz CT molecular complexity index is 441. The van der Waals surface area contributed by atoms with Gasteiger partial charge >= 0.3 is 0 Å². The van der Waals surface area contributed by atoms with Crippen molar-refractivity contribution in [1.82, 2.24) is 10.2 Å². The third-order valence-corrected chi connectivity index (χ3v) is 4.48. The minimum atomic E-state index is 0.388. The van der Waals surface area contributed by atoms with Gasteiger partial charge < -0.3 is 15.0 Å². The molecule has 0 bridgehead atoms. The van der Waals surface area contributed by atoms with Crippen LogP contribution in [-0.2, 0) is 4.74 Å². The van der Waals surface area contributed by atoms with E-state index in [1.54, 1.807) is 0 Å². The SMILES string of the molecule is CNC(CN(C)CC1CCCOC1)c1cc(C)ccc1C. The molecule has 2 unspecified atom stereocenters. The van der Waals surface area contributed by atoms with Gasteiger partial charge in [0.15, 0.2) is 0 Å². The second kappa shape index (κ2) is 7.92. The van der Waals surface area contributed by atoms with Crippen LogP contribution < -0.4 is 5.32 Å². The van der Waals surface area contributed by atoms with Crippen LogP contribution in [0.1, 0.15) is 35.6 Å². The lowest BCUT2D eigenvalue weighted by atomic mass is 9.97. The molecule has 1 aromatic carbocycles. The number of hydrogen-bond acceptors (Lipinski definition) is 3. The van der Waals surface area contributed by atoms with Crippen molar-refractivity contribution in [3.05, 3.63) is 34.9 Å². The molecule has 2 rings (SSSR count). The van der Waals surface area contributed by atoms with E-state index < -0.39 is 0 Å². The van der Waals surface area contributed by atoms with Crippen LogP contribution in [0.3, 0.4) is 0 Å². The highest BCUT2D eigenvalue weighted by molar-refractivity contribution is 5.33. The summed E-state index contributed by atoms with van der Waals surface area (Å²) in [5, 5.41) is 3.48. The zero-order chi connectivity index (χ0) is 15.2. The first-order valence-electron chi connectivity index (χ1n) is 8.11. The molecule has 2 atom stereocenters. The first-order valence-corrected chi connectivity index (χ1v) is 8.11. The zero-order valence-electron chi connectivity index (χ0n) is 14.0. The number of nitrogens with one attached hydrogen (secondary N) is 1. The first kappa shape index (κ1) is 16.5. The fourth-order valence-electron chi connectivity index (χ4n) is 3.26. The van der Waals surface area contributed by atoms with E-state index in [-0.39, 0.29) is 0 Å². The van der Waals surface area contributed by atoms with Crippen molar-refractivity contribution in [2.75, 3.05) is 40.4 Å². The summed E-state index contributed by atoms with van der Waals surface area (Å²) in [6, 6.07) is 7.12. The maximum absolute atomic E-state index is 5.59. The molecular formula is C18H30N2O. The van der Waals surface area contributed by atoms with Gasteiger partial charge in [-0.2, -0.15) is 0 Å². The lowest BCUT2D eigenvalue weighted by Crippen LogP contribution is -2.36. The smallest absolute Gasteiger partial charge is 0.0506 e. The summed E-state index contributed by atoms with van der Waals surface area (Å²) in [4.78, 5) is 2.45. The molecule has 118 valence electrons. The van der Waals surface area contributed by atoms with Crippen LogP contribution in [0.25, 0.3) is 0 Å². The number of nitrogens with zero attached hydrogens (tertiary/aromatic N) is 1. The summed E-state index contributed by atoms with van der Waals surface area (Å²) >= 11 is 0. The summed E-state index contributed by atoms with van der Waals surface area (Å²) in [7, 11) is 4.29. The number of ether oxygens (including phenoxy) is 1. The van der Waals surface area contributed by atoms with E-state index in [1.165, 1.54) is 29.5 Å². The summed E-state index contributed by atoms with van der Waals surface area (Å²) in [6.45, 7) is 8.41. The van der Waals surface area contributed by atoms with Gasteiger partial charge in [0.1, 0.15) is 0 Å². The maximum atomic E-state index is 5.59. The number of hydrogen-bond donors (Lipinski definition) is 1. The molecule has 0 saturated carbocycles. The van der Waals surface area contributed by atoms with Crippen molar-refractivity contribution in [1.29, 1.82) is 0 Å². The highest BCUT2D eigenvalue weighted by Gasteiger charge is 2.19. The van der Waals surface area contributed by atoms with Crippen LogP contribution in [-0.4, -0.2) is 45.3 Å². The van der Waals surface area contributed by atoms with Crippen LogP contribution in [0, 0.1) is 19.8 Å². The van der Waals surface area contributed by atoms with E-state index in [1.807, 2.05) is 0 Å². The van der Waals surface area contributed by atoms with Gasteiger partial charge in [-0.3, -0.25) is 0 Å². The van der Waals surface area contributed by atoms with Crippen LogP contribution in [0.15, 0.2) is 18.2 Å². The first-order chi connectivity index (χ1) is 10.1. The van der Waals surface area contributed by atoms with E-state index in [0.29, 0.717) is 12.0 Å². The highest BCUT2D eigenvalue weighted by atomic mass is 16.5. The predicted molar refractivity (Wildman–Crippen MR) is 88.8 cm³/mol. The van der Waals surface area contributed by atoms with E-state index >= 15 is 0 Å². The largest absolute Gasteiger partial charge is 0.381 e. The van der Waals surface area contributed by atoms with Gasteiger partial charge in [-0.1, -0.05) is 23.8 Å². The van der Waals surface area contributed by atoms with Gasteiger partial charge in [0.05, 0.1) is 6.61 Å². The van der Waals surface area contributed by atoms with Crippen LogP contribution >= 0.6 is 0 Å². The molecule has 0 amide bonds. The molecular weight excluding hydrogens is 260 g/mol. The third kappa shape index (κ3) is 4.80. The van der Waals surface area contributed by atoms with Crippen molar-refractivity contribution < 1.29 is 4.74 Å². The van der Waals surface area contributed by atoms with Gasteiger partial charge in [0, 0.05) is 25.7 Å². The summed E-state index contributed by atoms with van der Waals surface area (Å²) in [6.07, 6.45) is 2.52. The molecule has 21 heavy (non-hydrogen) atoms. The molecule has 1 aliphatic heterocycles. The normalized spacial score (nSPS) is 20.7. The Morgan fingerprint density at radius 2 is 2.19 bits per heavy atom. The molecule has 1 saturated heterocycles. The molecule has 1 aromatic rings. The molecule has 3 nitrogen and oxygen atoms in total. The summed E-state index contributed by atoms with van der Waals surface area (Å²) < 4.78 is 5.59. The fraction of sp³-hybridized carbons (Fsp3) is 0.667. The molecule has 0 radical (unpaired) electrons. The van der Waals surface area contributed by atoms with E-state index in [9.17, 15) is 0 Å². The molecule has 1 N–H and O–H groups in total.